The number of nitriles is 1. The van der Waals surface area contributed by atoms with Gasteiger partial charge in [0, 0.05) is 25.6 Å². The summed E-state index contributed by atoms with van der Waals surface area (Å²) in [5.74, 6) is -0.434. The molecule has 0 atom stereocenters. The molecule has 2 heterocycles. The molecule has 8 heteroatoms. The lowest BCUT2D eigenvalue weighted by atomic mass is 9.93. The van der Waals surface area contributed by atoms with Crippen molar-refractivity contribution in [2.45, 2.75) is 20.3 Å². The van der Waals surface area contributed by atoms with E-state index in [2.05, 4.69) is 15.5 Å². The van der Waals surface area contributed by atoms with E-state index in [1.807, 2.05) is 49.5 Å². The molecule has 0 saturated carbocycles. The largest absolute Gasteiger partial charge is 0.507 e. The van der Waals surface area contributed by atoms with Gasteiger partial charge in [-0.3, -0.25) is 9.48 Å². The quantitative estimate of drug-likeness (QED) is 0.506. The molecule has 8 nitrogen and oxygen atoms in total. The summed E-state index contributed by atoms with van der Waals surface area (Å²) in [5, 5.41) is 30.8. The van der Waals surface area contributed by atoms with E-state index in [1.165, 1.54) is 10.9 Å². The van der Waals surface area contributed by atoms with Gasteiger partial charge in [0.25, 0.3) is 5.91 Å². The SMILES string of the molecule is Cc1c(Cc2ccc(-n3cccn3)cc2)cc(C(=O)Nc2nn(C)cc2C#N)c(O)c1C. The second-order valence-corrected chi connectivity index (χ2v) is 7.61. The lowest BCUT2D eigenvalue weighted by Gasteiger charge is -2.15. The molecule has 0 aliphatic carbocycles. The second-order valence-electron chi connectivity index (χ2n) is 7.61. The fourth-order valence-corrected chi connectivity index (χ4v) is 3.57. The Hall–Kier alpha value is -4.38. The third-order valence-electron chi connectivity index (χ3n) is 5.50. The zero-order valence-electron chi connectivity index (χ0n) is 18.0. The number of anilines is 1. The molecular weight excluding hydrogens is 404 g/mol. The third-order valence-corrected chi connectivity index (χ3v) is 5.50. The van der Waals surface area contributed by atoms with Crippen LogP contribution in [0, 0.1) is 25.2 Å². The van der Waals surface area contributed by atoms with Crippen LogP contribution in [0.3, 0.4) is 0 Å². The standard InChI is InChI=1S/C24H22N6O2/c1-15-16(2)22(31)21(24(32)27-23-19(13-25)14-29(3)28-23)12-18(15)11-17-5-7-20(8-6-17)30-10-4-9-26-30/h4-10,12,14,31H,11H2,1-3H3,(H,27,28,32). The van der Waals surface area contributed by atoms with E-state index in [1.54, 1.807) is 30.9 Å². The van der Waals surface area contributed by atoms with Gasteiger partial charge < -0.3 is 10.4 Å². The number of hydrogen-bond donors (Lipinski definition) is 2. The molecular formula is C24H22N6O2. The molecule has 0 unspecified atom stereocenters. The molecule has 0 saturated heterocycles. The van der Waals surface area contributed by atoms with Crippen molar-refractivity contribution in [2.24, 2.45) is 7.05 Å². The highest BCUT2D eigenvalue weighted by molar-refractivity contribution is 6.06. The number of phenolic OH excluding ortho intramolecular Hbond substituents is 1. The number of aromatic nitrogens is 4. The van der Waals surface area contributed by atoms with Crippen molar-refractivity contribution in [1.29, 1.82) is 5.26 Å². The van der Waals surface area contributed by atoms with E-state index in [0.29, 0.717) is 12.0 Å². The van der Waals surface area contributed by atoms with Crippen molar-refractivity contribution < 1.29 is 9.90 Å². The van der Waals surface area contributed by atoms with E-state index < -0.39 is 5.91 Å². The highest BCUT2D eigenvalue weighted by atomic mass is 16.3. The molecule has 160 valence electrons. The van der Waals surface area contributed by atoms with Gasteiger partial charge in [0.05, 0.1) is 11.3 Å². The van der Waals surface area contributed by atoms with E-state index in [4.69, 9.17) is 0 Å². The van der Waals surface area contributed by atoms with Crippen molar-refractivity contribution >= 4 is 11.7 Å². The number of benzene rings is 2. The molecule has 2 aromatic carbocycles. The minimum Gasteiger partial charge on any atom is -0.507 e. The van der Waals surface area contributed by atoms with Gasteiger partial charge in [-0.1, -0.05) is 12.1 Å². The average molecular weight is 426 g/mol. The van der Waals surface area contributed by atoms with E-state index in [-0.39, 0.29) is 22.7 Å². The molecule has 4 rings (SSSR count). The molecule has 32 heavy (non-hydrogen) atoms. The number of carbonyl (C=O) groups is 1. The summed E-state index contributed by atoms with van der Waals surface area (Å²) in [6.45, 7) is 3.71. The summed E-state index contributed by atoms with van der Waals surface area (Å²) in [6.07, 6.45) is 5.73. The summed E-state index contributed by atoms with van der Waals surface area (Å²) in [5.41, 5.74) is 4.91. The minimum atomic E-state index is -0.518. The van der Waals surface area contributed by atoms with Crippen LogP contribution in [0.25, 0.3) is 5.69 Å². The van der Waals surface area contributed by atoms with Crippen LogP contribution in [-0.2, 0) is 13.5 Å². The molecule has 2 N–H and O–H groups in total. The molecule has 0 bridgehead atoms. The summed E-state index contributed by atoms with van der Waals surface area (Å²) in [7, 11) is 1.67. The van der Waals surface area contributed by atoms with E-state index in [0.717, 1.165) is 22.4 Å². The molecule has 4 aromatic rings. The maximum absolute atomic E-state index is 12.9. The van der Waals surface area contributed by atoms with Gasteiger partial charge in [0.1, 0.15) is 17.4 Å². The Morgan fingerprint density at radius 2 is 1.97 bits per heavy atom. The van der Waals surface area contributed by atoms with E-state index in [9.17, 15) is 15.2 Å². The number of rotatable bonds is 5. The molecule has 0 aliphatic rings. The topological polar surface area (TPSA) is 109 Å². The predicted octanol–water partition coefficient (Wildman–Crippen LogP) is 3.64. The first-order valence-electron chi connectivity index (χ1n) is 10.0. The number of carbonyl (C=O) groups excluding carboxylic acids is 1. The lowest BCUT2D eigenvalue weighted by molar-refractivity contribution is 0.102. The van der Waals surface area contributed by atoms with Gasteiger partial charge in [0.15, 0.2) is 5.82 Å². The molecule has 0 radical (unpaired) electrons. The van der Waals surface area contributed by atoms with E-state index >= 15 is 0 Å². The van der Waals surface area contributed by atoms with Crippen LogP contribution < -0.4 is 5.32 Å². The Kier molecular flexibility index (Phi) is 5.48. The Morgan fingerprint density at radius 1 is 1.22 bits per heavy atom. The Bertz CT molecular complexity index is 1330. The van der Waals surface area contributed by atoms with Crippen molar-refractivity contribution in [2.75, 3.05) is 5.32 Å². The number of aromatic hydroxyl groups is 1. The molecule has 0 aliphatic heterocycles. The van der Waals surface area contributed by atoms with Crippen LogP contribution in [0.2, 0.25) is 0 Å². The summed E-state index contributed by atoms with van der Waals surface area (Å²) in [4.78, 5) is 12.9. The first kappa shape index (κ1) is 20.9. The van der Waals surface area contributed by atoms with Crippen molar-refractivity contribution in [1.82, 2.24) is 19.6 Å². The lowest BCUT2D eigenvalue weighted by Crippen LogP contribution is -2.15. The zero-order chi connectivity index (χ0) is 22.8. The highest BCUT2D eigenvalue weighted by Gasteiger charge is 2.20. The number of amides is 1. The first-order valence-corrected chi connectivity index (χ1v) is 10.0. The highest BCUT2D eigenvalue weighted by Crippen LogP contribution is 2.30. The first-order chi connectivity index (χ1) is 15.4. The molecule has 0 spiro atoms. The van der Waals surface area contributed by atoms with Gasteiger partial charge in [-0.05, 0) is 66.8 Å². The predicted molar refractivity (Wildman–Crippen MR) is 120 cm³/mol. The summed E-state index contributed by atoms with van der Waals surface area (Å²) < 4.78 is 3.24. The Labute approximate surface area is 185 Å². The second kappa shape index (κ2) is 8.40. The Balaban J connectivity index is 1.62. The number of aryl methyl sites for hydroxylation is 1. The van der Waals surface area contributed by atoms with Gasteiger partial charge in [-0.15, -0.1) is 0 Å². The normalized spacial score (nSPS) is 10.7. The maximum Gasteiger partial charge on any atom is 0.260 e. The monoisotopic (exact) mass is 426 g/mol. The fourth-order valence-electron chi connectivity index (χ4n) is 3.57. The number of nitrogens with zero attached hydrogens (tertiary/aromatic N) is 5. The molecule has 1 amide bonds. The van der Waals surface area contributed by atoms with Gasteiger partial charge in [-0.2, -0.15) is 15.5 Å². The van der Waals surface area contributed by atoms with Gasteiger partial charge >= 0.3 is 0 Å². The van der Waals surface area contributed by atoms with Gasteiger partial charge in [-0.25, -0.2) is 4.68 Å². The van der Waals surface area contributed by atoms with Crippen LogP contribution in [0.15, 0.2) is 55.0 Å². The fraction of sp³-hybridized carbons (Fsp3) is 0.167. The minimum absolute atomic E-state index is 0.0766. The smallest absolute Gasteiger partial charge is 0.260 e. The van der Waals surface area contributed by atoms with Crippen LogP contribution in [0.5, 0.6) is 5.75 Å². The number of nitrogens with one attached hydrogen (secondary N) is 1. The van der Waals surface area contributed by atoms with Crippen LogP contribution in [0.1, 0.15) is 38.2 Å². The van der Waals surface area contributed by atoms with Crippen LogP contribution >= 0.6 is 0 Å². The number of phenols is 1. The summed E-state index contributed by atoms with van der Waals surface area (Å²) >= 11 is 0. The van der Waals surface area contributed by atoms with Crippen LogP contribution in [0.4, 0.5) is 5.82 Å². The van der Waals surface area contributed by atoms with Crippen LogP contribution in [-0.4, -0.2) is 30.6 Å². The van der Waals surface area contributed by atoms with Crippen molar-refractivity contribution in [3.63, 3.8) is 0 Å². The van der Waals surface area contributed by atoms with Crippen molar-refractivity contribution in [3.05, 3.63) is 88.4 Å². The zero-order valence-corrected chi connectivity index (χ0v) is 18.0. The average Bonchev–Trinajstić information content (AvgIpc) is 3.44. The van der Waals surface area contributed by atoms with Gasteiger partial charge in [0.2, 0.25) is 0 Å². The van der Waals surface area contributed by atoms with Crippen molar-refractivity contribution in [3.8, 4) is 17.5 Å². The Morgan fingerprint density at radius 3 is 2.62 bits per heavy atom. The molecule has 2 aromatic heterocycles. The third kappa shape index (κ3) is 3.96. The molecule has 0 fully saturated rings. The maximum atomic E-state index is 12.9. The number of hydrogen-bond acceptors (Lipinski definition) is 5. The summed E-state index contributed by atoms with van der Waals surface area (Å²) in [6, 6.07) is 13.6.